The van der Waals surface area contributed by atoms with Gasteiger partial charge in [-0.3, -0.25) is 15.1 Å². The van der Waals surface area contributed by atoms with Crippen LogP contribution < -0.4 is 10.3 Å². The summed E-state index contributed by atoms with van der Waals surface area (Å²) in [4.78, 5) is 25.6. The number of carboxylic acid groups (broad SMARTS) is 1. The maximum atomic E-state index is 13.5. The van der Waals surface area contributed by atoms with Crippen molar-refractivity contribution in [1.29, 1.82) is 0 Å². The minimum Gasteiger partial charge on any atom is -0.506 e. The Balaban J connectivity index is 1.75. The number of nitrogens with zero attached hydrogens (tertiary/aromatic N) is 2. The number of aliphatic carboxylic acids is 1. The third kappa shape index (κ3) is 5.18. The topological polar surface area (TPSA) is 102 Å². The molecule has 0 fully saturated rings. The van der Waals surface area contributed by atoms with Crippen molar-refractivity contribution in [1.82, 2.24) is 0 Å². The van der Waals surface area contributed by atoms with E-state index in [0.717, 1.165) is 23.3 Å². The Morgan fingerprint density at radius 2 is 1.70 bits per heavy atom. The van der Waals surface area contributed by atoms with E-state index in [1.807, 2.05) is 19.9 Å². The molecule has 190 valence electrons. The predicted molar refractivity (Wildman–Crippen MR) is 134 cm³/mol. The highest BCUT2D eigenvalue weighted by molar-refractivity contribution is 6.55. The molecule has 0 aromatic heterocycles. The molecule has 0 radical (unpaired) electrons. The van der Waals surface area contributed by atoms with Gasteiger partial charge >= 0.3 is 12.1 Å². The minimum absolute atomic E-state index is 0.0410. The van der Waals surface area contributed by atoms with E-state index in [1.165, 1.54) is 42.2 Å². The quantitative estimate of drug-likeness (QED) is 0.222. The van der Waals surface area contributed by atoms with Gasteiger partial charge in [-0.25, -0.2) is 4.79 Å². The summed E-state index contributed by atoms with van der Waals surface area (Å²) in [7, 11) is 0. The van der Waals surface area contributed by atoms with Gasteiger partial charge in [0.1, 0.15) is 5.75 Å². The summed E-state index contributed by atoms with van der Waals surface area (Å²) >= 11 is 0. The number of halogens is 3. The van der Waals surface area contributed by atoms with E-state index in [1.54, 1.807) is 12.1 Å². The normalized spacial score (nSPS) is 14.8. The number of phenolic OH excluding ortho intramolecular Hbond substituents is 1. The number of phenols is 1. The van der Waals surface area contributed by atoms with E-state index in [0.29, 0.717) is 11.3 Å². The van der Waals surface area contributed by atoms with Crippen LogP contribution in [0, 0.1) is 13.8 Å². The second-order valence-electron chi connectivity index (χ2n) is 8.70. The van der Waals surface area contributed by atoms with Crippen molar-refractivity contribution < 1.29 is 33.0 Å². The van der Waals surface area contributed by atoms with Crippen molar-refractivity contribution in [2.45, 2.75) is 26.9 Å². The molecule has 1 aliphatic heterocycles. The predicted octanol–water partition coefficient (Wildman–Crippen LogP) is 6.01. The highest BCUT2D eigenvalue weighted by Gasteiger charge is 2.39. The first kappa shape index (κ1) is 25.5. The van der Waals surface area contributed by atoms with E-state index in [4.69, 9.17) is 5.11 Å². The molecule has 0 spiro atoms. The Morgan fingerprint density at radius 3 is 2.30 bits per heavy atom. The van der Waals surface area contributed by atoms with Gasteiger partial charge in [0.25, 0.3) is 5.91 Å². The van der Waals surface area contributed by atoms with Crippen molar-refractivity contribution in [2.75, 3.05) is 10.3 Å². The summed E-state index contributed by atoms with van der Waals surface area (Å²) in [5, 5.41) is 23.5. The largest absolute Gasteiger partial charge is 0.506 e. The molecule has 3 aromatic rings. The van der Waals surface area contributed by atoms with Crippen LogP contribution in [-0.2, 0) is 15.8 Å². The number of amides is 1. The van der Waals surface area contributed by atoms with Gasteiger partial charge in [-0.2, -0.15) is 18.3 Å². The molecule has 4 rings (SSSR count). The maximum absolute atomic E-state index is 13.5. The maximum Gasteiger partial charge on any atom is 0.416 e. The number of alkyl halides is 3. The molecule has 1 aliphatic rings. The van der Waals surface area contributed by atoms with Gasteiger partial charge in [0.05, 0.1) is 16.9 Å². The molecule has 0 unspecified atom stereocenters. The summed E-state index contributed by atoms with van der Waals surface area (Å²) in [6.07, 6.45) is -3.24. The number of benzene rings is 3. The highest BCUT2D eigenvalue weighted by atomic mass is 19.4. The average Bonchev–Trinajstić information content (AvgIpc) is 3.07. The van der Waals surface area contributed by atoms with Gasteiger partial charge in [-0.05, 0) is 86.0 Å². The zero-order valence-corrected chi connectivity index (χ0v) is 20.0. The smallest absolute Gasteiger partial charge is 0.416 e. The molecule has 0 bridgehead atoms. The van der Waals surface area contributed by atoms with Crippen LogP contribution in [0.5, 0.6) is 5.75 Å². The summed E-state index contributed by atoms with van der Waals surface area (Å²) in [5.74, 6) is -2.00. The van der Waals surface area contributed by atoms with Gasteiger partial charge in [-0.15, -0.1) is 0 Å². The van der Waals surface area contributed by atoms with Crippen molar-refractivity contribution >= 4 is 40.7 Å². The molecule has 3 N–H and O–H groups in total. The summed E-state index contributed by atoms with van der Waals surface area (Å²) < 4.78 is 40.4. The summed E-state index contributed by atoms with van der Waals surface area (Å²) in [5.41, 5.74) is 4.48. The van der Waals surface area contributed by atoms with Gasteiger partial charge < -0.3 is 10.2 Å². The van der Waals surface area contributed by atoms with Crippen molar-refractivity contribution in [3.63, 3.8) is 0 Å². The summed E-state index contributed by atoms with van der Waals surface area (Å²) in [6.45, 7) is 5.05. The van der Waals surface area contributed by atoms with Crippen molar-refractivity contribution in [3.8, 4) is 5.75 Å². The third-order valence-corrected chi connectivity index (χ3v) is 5.72. The number of hydrazone groups is 1. The molecule has 0 saturated heterocycles. The fraction of sp³-hybridized carbons (Fsp3) is 0.148. The van der Waals surface area contributed by atoms with Gasteiger partial charge in [0.2, 0.25) is 0 Å². The molecule has 37 heavy (non-hydrogen) atoms. The number of carboxylic acids is 1. The van der Waals surface area contributed by atoms with Crippen LogP contribution in [0.25, 0.3) is 6.08 Å². The lowest BCUT2D eigenvalue weighted by atomic mass is 10.1. The lowest BCUT2D eigenvalue weighted by Crippen LogP contribution is -2.26. The second kappa shape index (κ2) is 9.45. The molecule has 0 aliphatic carbocycles. The number of fused-ring (bicyclic) bond motifs is 1. The zero-order chi connectivity index (χ0) is 27.1. The van der Waals surface area contributed by atoms with E-state index >= 15 is 0 Å². The second-order valence-corrected chi connectivity index (χ2v) is 8.70. The number of nitrogens with one attached hydrogen (secondary N) is 1. The number of hydrogen-bond donors (Lipinski definition) is 3. The number of rotatable bonds is 5. The van der Waals surface area contributed by atoms with E-state index in [9.17, 15) is 27.9 Å². The molecular formula is C27H22F3N3O4. The lowest BCUT2D eigenvalue weighted by molar-refractivity contribution is -0.137. The third-order valence-electron chi connectivity index (χ3n) is 5.72. The average molecular weight is 509 g/mol. The Morgan fingerprint density at radius 1 is 1.03 bits per heavy atom. The molecule has 0 saturated carbocycles. The van der Waals surface area contributed by atoms with Crippen LogP contribution in [0.3, 0.4) is 0 Å². The Labute approximate surface area is 210 Å². The fourth-order valence-electron chi connectivity index (χ4n) is 4.03. The number of carbonyl (C=O) groups is 2. The molecular weight excluding hydrogens is 487 g/mol. The first-order valence-electron chi connectivity index (χ1n) is 11.1. The molecule has 3 aromatic carbocycles. The molecule has 1 heterocycles. The van der Waals surface area contributed by atoms with Crippen molar-refractivity contribution in [2.24, 2.45) is 5.10 Å². The van der Waals surface area contributed by atoms with E-state index < -0.39 is 23.6 Å². The monoisotopic (exact) mass is 509 g/mol. The zero-order valence-electron chi connectivity index (χ0n) is 20.0. The molecule has 1 amide bonds. The fourth-order valence-corrected chi connectivity index (χ4v) is 4.03. The van der Waals surface area contributed by atoms with Gasteiger partial charge in [-0.1, -0.05) is 12.1 Å². The van der Waals surface area contributed by atoms with Crippen LogP contribution in [-0.4, -0.2) is 27.8 Å². The first-order chi connectivity index (χ1) is 17.3. The number of aryl methyl sites for hydroxylation is 2. The molecule has 0 atom stereocenters. The number of hydrogen-bond acceptors (Lipinski definition) is 5. The number of aromatic hydroxyl groups is 1. The van der Waals surface area contributed by atoms with E-state index in [2.05, 4.69) is 10.5 Å². The Hall–Kier alpha value is -4.60. The first-order valence-corrected chi connectivity index (χ1v) is 11.1. The standard InChI is InChI=1S/C27H22F3N3O4/c1-14-8-15(2)10-19(9-14)33-22-13-18(27(28,29)30)5-6-20(22)24(25(33)35)32-31-21-7-4-17(12-23(21)34)11-16(3)26(36)37/h4-13,31,34H,1-3H3,(H,36,37). The van der Waals surface area contributed by atoms with Crippen molar-refractivity contribution in [3.05, 3.63) is 88.0 Å². The highest BCUT2D eigenvalue weighted by Crippen LogP contribution is 2.41. The van der Waals surface area contributed by atoms with Crippen LogP contribution in [0.2, 0.25) is 0 Å². The minimum atomic E-state index is -4.61. The number of anilines is 3. The lowest BCUT2D eigenvalue weighted by Gasteiger charge is -2.19. The van der Waals surface area contributed by atoms with Crippen LogP contribution in [0.15, 0.2) is 65.3 Å². The molecule has 7 nitrogen and oxygen atoms in total. The van der Waals surface area contributed by atoms with Crippen LogP contribution >= 0.6 is 0 Å². The SMILES string of the molecule is CC(=Cc1ccc(NN=C2C(=O)N(c3cc(C)cc(C)c3)c3cc(C(F)(F)F)ccc32)c(O)c1)C(=O)O. The van der Waals surface area contributed by atoms with Crippen LogP contribution in [0.1, 0.15) is 34.7 Å². The number of carbonyl (C=O) groups excluding carboxylic acids is 1. The molecule has 10 heteroatoms. The Bertz CT molecular complexity index is 1470. The van der Waals surface area contributed by atoms with Gasteiger partial charge in [0, 0.05) is 16.8 Å². The van der Waals surface area contributed by atoms with E-state index in [-0.39, 0.29) is 34.0 Å². The van der Waals surface area contributed by atoms with Crippen LogP contribution in [0.4, 0.5) is 30.2 Å². The Kier molecular flexibility index (Phi) is 6.51. The summed E-state index contributed by atoms with van der Waals surface area (Å²) in [6, 6.07) is 12.6. The van der Waals surface area contributed by atoms with Gasteiger partial charge in [0.15, 0.2) is 5.71 Å².